The maximum absolute atomic E-state index is 13.5. The summed E-state index contributed by atoms with van der Waals surface area (Å²) in [6.07, 6.45) is -3.40. The number of H-pyrrole nitrogens is 1. The summed E-state index contributed by atoms with van der Waals surface area (Å²) in [4.78, 5) is 27.1. The van der Waals surface area contributed by atoms with Gasteiger partial charge in [0.25, 0.3) is 11.2 Å². The van der Waals surface area contributed by atoms with Crippen LogP contribution in [-0.2, 0) is 6.18 Å². The van der Waals surface area contributed by atoms with E-state index in [9.17, 15) is 27.5 Å². The highest BCUT2D eigenvalue weighted by Crippen LogP contribution is 2.36. The van der Waals surface area contributed by atoms with E-state index < -0.39 is 29.1 Å². The number of pyridine rings is 1. The summed E-state index contributed by atoms with van der Waals surface area (Å²) in [6, 6.07) is 7.41. The maximum Gasteiger partial charge on any atom is 0.435 e. The fraction of sp³-hybridized carbons (Fsp3) is 0.0455. The van der Waals surface area contributed by atoms with E-state index in [0.29, 0.717) is 16.2 Å². The van der Waals surface area contributed by atoms with Crippen LogP contribution in [0.25, 0.3) is 38.1 Å². The van der Waals surface area contributed by atoms with Crippen molar-refractivity contribution in [1.29, 1.82) is 0 Å². The van der Waals surface area contributed by atoms with E-state index in [1.807, 2.05) is 0 Å². The van der Waals surface area contributed by atoms with E-state index in [1.54, 1.807) is 0 Å². The highest BCUT2D eigenvalue weighted by molar-refractivity contribution is 6.31. The first-order valence-corrected chi connectivity index (χ1v) is 10.3. The van der Waals surface area contributed by atoms with Crippen molar-refractivity contribution < 1.29 is 22.7 Å². The number of nitrogens with one attached hydrogen (secondary N) is 1. The molecule has 35 heavy (non-hydrogen) atoms. The molecule has 0 unspecified atom stereocenters. The molecule has 0 radical (unpaired) electrons. The van der Waals surface area contributed by atoms with Crippen molar-refractivity contribution in [1.82, 2.24) is 24.6 Å². The van der Waals surface area contributed by atoms with Crippen molar-refractivity contribution in [3.05, 3.63) is 75.1 Å². The summed E-state index contributed by atoms with van der Waals surface area (Å²) in [5.41, 5.74) is -1.57. The minimum atomic E-state index is -4.74. The first kappa shape index (κ1) is 21.2. The Hall–Kier alpha value is -4.32. The molecule has 13 heteroatoms. The molecule has 0 spiro atoms. The van der Waals surface area contributed by atoms with Gasteiger partial charge in [-0.1, -0.05) is 11.6 Å². The second-order valence-corrected chi connectivity index (χ2v) is 8.10. The number of hydrogen-bond donors (Lipinski definition) is 2. The molecule has 0 aliphatic carbocycles. The van der Waals surface area contributed by atoms with Crippen molar-refractivity contribution in [2.45, 2.75) is 6.18 Å². The molecule has 0 amide bonds. The zero-order valence-electron chi connectivity index (χ0n) is 17.0. The molecule has 8 nitrogen and oxygen atoms in total. The summed E-state index contributed by atoms with van der Waals surface area (Å²) in [5, 5.41) is 14.8. The van der Waals surface area contributed by atoms with E-state index in [4.69, 9.17) is 11.6 Å². The van der Waals surface area contributed by atoms with Crippen LogP contribution in [0, 0.1) is 5.82 Å². The summed E-state index contributed by atoms with van der Waals surface area (Å²) in [7, 11) is 0. The van der Waals surface area contributed by atoms with Gasteiger partial charge in [-0.25, -0.2) is 18.9 Å². The molecular weight excluding hydrogens is 492 g/mol. The molecule has 0 saturated carbocycles. The minimum absolute atomic E-state index is 0.00323. The number of hydrogen-bond acceptors (Lipinski definition) is 6. The van der Waals surface area contributed by atoms with Gasteiger partial charge in [0.05, 0.1) is 21.6 Å². The molecule has 4 aromatic heterocycles. The van der Waals surface area contributed by atoms with Crippen molar-refractivity contribution in [2.24, 2.45) is 4.99 Å². The first-order chi connectivity index (χ1) is 16.6. The zero-order chi connectivity index (χ0) is 24.6. The SMILES string of the molecule is O=c1[nH]c(O)c2cc3c(cc12)c1cnc(=Nc2ccc(F)c(Cl)c2)nc1n1nc(C(F)(F)F)cc31. The summed E-state index contributed by atoms with van der Waals surface area (Å²) >= 11 is 5.78. The number of alkyl halides is 3. The maximum atomic E-state index is 13.5. The first-order valence-electron chi connectivity index (χ1n) is 9.88. The van der Waals surface area contributed by atoms with E-state index in [2.05, 4.69) is 25.0 Å². The molecule has 0 saturated heterocycles. The second kappa shape index (κ2) is 7.09. The van der Waals surface area contributed by atoms with Gasteiger partial charge >= 0.3 is 6.18 Å². The minimum Gasteiger partial charge on any atom is -0.494 e. The van der Waals surface area contributed by atoms with Gasteiger partial charge in [0, 0.05) is 22.4 Å². The summed E-state index contributed by atoms with van der Waals surface area (Å²) in [5.74, 6) is -1.04. The van der Waals surface area contributed by atoms with Crippen molar-refractivity contribution >= 4 is 55.4 Å². The van der Waals surface area contributed by atoms with Crippen LogP contribution in [0.3, 0.4) is 0 Å². The van der Waals surface area contributed by atoms with Crippen LogP contribution in [0.5, 0.6) is 5.88 Å². The Labute approximate surface area is 195 Å². The van der Waals surface area contributed by atoms with Gasteiger partial charge in [0.2, 0.25) is 0 Å². The molecule has 0 fully saturated rings. The third-order valence-corrected chi connectivity index (χ3v) is 5.83. The number of benzene rings is 2. The largest absolute Gasteiger partial charge is 0.494 e. The lowest BCUT2D eigenvalue weighted by Crippen LogP contribution is -2.14. The molecule has 2 aromatic carbocycles. The van der Waals surface area contributed by atoms with Crippen molar-refractivity contribution in [2.75, 3.05) is 0 Å². The number of nitrogens with zero attached hydrogens (tertiary/aromatic N) is 5. The van der Waals surface area contributed by atoms with Gasteiger partial charge in [0.1, 0.15) is 5.82 Å². The molecule has 6 rings (SSSR count). The molecule has 0 atom stereocenters. The van der Waals surface area contributed by atoms with E-state index in [-0.39, 0.29) is 38.3 Å². The Morgan fingerprint density at radius 2 is 1.80 bits per heavy atom. The number of fused-ring (bicyclic) bond motifs is 7. The lowest BCUT2D eigenvalue weighted by molar-refractivity contribution is -0.141. The number of aromatic hydroxyl groups is 1. The number of aromatic amines is 1. The van der Waals surface area contributed by atoms with Gasteiger partial charge in [-0.05, 0) is 41.8 Å². The van der Waals surface area contributed by atoms with E-state index in [0.717, 1.165) is 16.6 Å². The molecule has 6 aromatic rings. The fourth-order valence-electron chi connectivity index (χ4n) is 3.97. The predicted octanol–water partition coefficient (Wildman–Crippen LogP) is 4.46. The average molecular weight is 501 g/mol. The predicted molar refractivity (Wildman–Crippen MR) is 118 cm³/mol. The molecule has 2 N–H and O–H groups in total. The number of aromatic nitrogens is 5. The van der Waals surface area contributed by atoms with Crippen LogP contribution in [-0.4, -0.2) is 29.7 Å². The molecule has 0 aliphatic rings. The average Bonchev–Trinajstić information content (AvgIpc) is 3.37. The van der Waals surface area contributed by atoms with Crippen LogP contribution >= 0.6 is 11.6 Å². The zero-order valence-corrected chi connectivity index (χ0v) is 17.8. The van der Waals surface area contributed by atoms with Gasteiger partial charge in [0.15, 0.2) is 17.2 Å². The monoisotopic (exact) mass is 500 g/mol. The standard InChI is InChI=1S/C22H9ClF4N6O2/c23-14-3-8(1-2-15(14)24)29-21-28-7-13-9-4-11-12(20(35)31-19(11)34)5-10(9)16-6-17(22(25,26)27)32-33(16)18(13)30-21/h1-7,35H,(H,31,34). The normalized spacial score (nSPS) is 13.1. The van der Waals surface area contributed by atoms with Crippen LogP contribution in [0.1, 0.15) is 5.69 Å². The quantitative estimate of drug-likeness (QED) is 0.256. The Balaban J connectivity index is 1.75. The van der Waals surface area contributed by atoms with E-state index >= 15 is 0 Å². The Kier molecular flexibility index (Phi) is 4.30. The highest BCUT2D eigenvalue weighted by atomic mass is 35.5. The second-order valence-electron chi connectivity index (χ2n) is 7.69. The molecule has 4 heterocycles. The highest BCUT2D eigenvalue weighted by Gasteiger charge is 2.35. The number of rotatable bonds is 1. The van der Waals surface area contributed by atoms with Gasteiger partial charge in [-0.3, -0.25) is 9.78 Å². The molecular formula is C22H9ClF4N6O2. The van der Waals surface area contributed by atoms with Gasteiger partial charge in [-0.2, -0.15) is 23.3 Å². The van der Waals surface area contributed by atoms with Crippen molar-refractivity contribution in [3.8, 4) is 5.88 Å². The molecule has 0 bridgehead atoms. The van der Waals surface area contributed by atoms with Gasteiger partial charge < -0.3 is 5.11 Å². The third kappa shape index (κ3) is 3.25. The third-order valence-electron chi connectivity index (χ3n) is 5.54. The van der Waals surface area contributed by atoms with Gasteiger partial charge in [-0.15, -0.1) is 0 Å². The van der Waals surface area contributed by atoms with Crippen LogP contribution in [0.2, 0.25) is 5.02 Å². The fourth-order valence-corrected chi connectivity index (χ4v) is 4.15. The Bertz CT molecular complexity index is 1970. The Morgan fingerprint density at radius 1 is 1.03 bits per heavy atom. The lowest BCUT2D eigenvalue weighted by Gasteiger charge is -2.07. The Morgan fingerprint density at radius 3 is 2.54 bits per heavy atom. The van der Waals surface area contributed by atoms with E-state index in [1.165, 1.54) is 30.5 Å². The van der Waals surface area contributed by atoms with Crippen LogP contribution < -0.4 is 11.2 Å². The summed E-state index contributed by atoms with van der Waals surface area (Å²) < 4.78 is 55.0. The smallest absolute Gasteiger partial charge is 0.435 e. The number of halogens is 5. The summed E-state index contributed by atoms with van der Waals surface area (Å²) in [6.45, 7) is 0. The van der Waals surface area contributed by atoms with Crippen LogP contribution in [0.15, 0.2) is 52.4 Å². The molecule has 174 valence electrons. The van der Waals surface area contributed by atoms with Crippen LogP contribution in [0.4, 0.5) is 23.2 Å². The lowest BCUT2D eigenvalue weighted by atomic mass is 10.0. The molecule has 0 aliphatic heterocycles. The topological polar surface area (TPSA) is 109 Å². The van der Waals surface area contributed by atoms with Crippen molar-refractivity contribution in [3.63, 3.8) is 0 Å².